The van der Waals surface area contributed by atoms with E-state index in [9.17, 15) is 19.2 Å². The van der Waals surface area contributed by atoms with Gasteiger partial charge in [0.1, 0.15) is 0 Å². The van der Waals surface area contributed by atoms with E-state index in [1.807, 2.05) is 5.43 Å². The minimum Gasteiger partial charge on any atom is -0.452 e. The normalized spacial score (nSPS) is 17.6. The summed E-state index contributed by atoms with van der Waals surface area (Å²) >= 11 is 0. The molecule has 1 aliphatic rings. The highest BCUT2D eigenvalue weighted by Crippen LogP contribution is 2.13. The van der Waals surface area contributed by atoms with Gasteiger partial charge in [-0.2, -0.15) is 5.10 Å². The number of carbonyl (C=O) groups is 4. The van der Waals surface area contributed by atoms with Crippen LogP contribution in [0.3, 0.4) is 0 Å². The van der Waals surface area contributed by atoms with E-state index in [-0.39, 0.29) is 0 Å². The zero-order valence-electron chi connectivity index (χ0n) is 10.0. The molecule has 5 amide bonds. The zero-order valence-corrected chi connectivity index (χ0v) is 10.0. The molecular weight excluding hydrogens is 244 g/mol. The molecule has 1 N–H and O–H groups in total. The lowest BCUT2D eigenvalue weighted by Gasteiger charge is -2.30. The Morgan fingerprint density at radius 3 is 2.22 bits per heavy atom. The fourth-order valence-electron chi connectivity index (χ4n) is 1.27. The lowest BCUT2D eigenvalue weighted by atomic mass is 10.1. The van der Waals surface area contributed by atoms with E-state index in [0.717, 1.165) is 23.1 Å². The van der Waals surface area contributed by atoms with E-state index in [4.69, 9.17) is 0 Å². The monoisotopic (exact) mass is 256 g/mol. The maximum atomic E-state index is 11.7. The Morgan fingerprint density at radius 2 is 1.78 bits per heavy atom. The average Bonchev–Trinajstić information content (AvgIpc) is 2.37. The molecule has 1 rings (SSSR count). The Bertz CT molecular complexity index is 409. The van der Waals surface area contributed by atoms with Crippen LogP contribution in [-0.4, -0.2) is 61.2 Å². The Balaban J connectivity index is 2.81. The summed E-state index contributed by atoms with van der Waals surface area (Å²) < 4.78 is 4.24. The van der Waals surface area contributed by atoms with Crippen molar-refractivity contribution >= 4 is 30.2 Å². The van der Waals surface area contributed by atoms with Crippen LogP contribution in [0, 0.1) is 5.92 Å². The highest BCUT2D eigenvalue weighted by Gasteiger charge is 2.41. The molecule has 0 aromatic carbocycles. The molecule has 98 valence electrons. The van der Waals surface area contributed by atoms with Crippen LogP contribution in [-0.2, 0) is 14.3 Å². The predicted octanol–water partition coefficient (Wildman–Crippen LogP) is -1.01. The van der Waals surface area contributed by atoms with E-state index in [1.54, 1.807) is 0 Å². The van der Waals surface area contributed by atoms with Gasteiger partial charge in [0.05, 0.1) is 7.11 Å². The van der Waals surface area contributed by atoms with E-state index in [2.05, 4.69) is 9.84 Å². The summed E-state index contributed by atoms with van der Waals surface area (Å²) in [5, 5.41) is 3.40. The second-order valence-corrected chi connectivity index (χ2v) is 3.44. The first kappa shape index (κ1) is 13.6. The van der Waals surface area contributed by atoms with E-state index in [1.165, 1.54) is 14.1 Å². The van der Waals surface area contributed by atoms with Gasteiger partial charge in [0.15, 0.2) is 5.92 Å². The van der Waals surface area contributed by atoms with Crippen LogP contribution in [0.4, 0.5) is 9.59 Å². The third-order valence-electron chi connectivity index (χ3n) is 2.33. The third kappa shape index (κ3) is 2.44. The summed E-state index contributed by atoms with van der Waals surface area (Å²) in [5.41, 5.74) is 1.94. The van der Waals surface area contributed by atoms with Gasteiger partial charge in [0.2, 0.25) is 11.8 Å². The molecule has 0 aromatic heterocycles. The van der Waals surface area contributed by atoms with Gasteiger partial charge in [-0.25, -0.2) is 15.0 Å². The number of barbiturate groups is 1. The zero-order chi connectivity index (χ0) is 13.9. The third-order valence-corrected chi connectivity index (χ3v) is 2.33. The first-order valence-electron chi connectivity index (χ1n) is 4.86. The number of rotatable bonds is 2. The second kappa shape index (κ2) is 5.25. The van der Waals surface area contributed by atoms with Crippen molar-refractivity contribution in [2.45, 2.75) is 0 Å². The molecule has 0 aliphatic carbocycles. The standard InChI is InChI=1S/C9H12N4O5/c1-12-6(14)5(4-10-11-8(16)18-3)7(15)13(2)9(12)17/h4-5H,1-3H3,(H,11,16)/b10-4+. The maximum Gasteiger partial charge on any atom is 0.427 e. The van der Waals surface area contributed by atoms with Crippen LogP contribution in [0.2, 0.25) is 0 Å². The Kier molecular flexibility index (Phi) is 3.97. The number of ether oxygens (including phenoxy) is 1. The largest absolute Gasteiger partial charge is 0.452 e. The van der Waals surface area contributed by atoms with Gasteiger partial charge in [-0.15, -0.1) is 0 Å². The van der Waals surface area contributed by atoms with Crippen LogP contribution >= 0.6 is 0 Å². The number of hydrogen-bond acceptors (Lipinski definition) is 6. The van der Waals surface area contributed by atoms with Crippen molar-refractivity contribution < 1.29 is 23.9 Å². The molecule has 0 unspecified atom stereocenters. The molecule has 9 heteroatoms. The predicted molar refractivity (Wildman–Crippen MR) is 58.5 cm³/mol. The minimum absolute atomic E-state index is 0.710. The molecule has 0 atom stereocenters. The van der Waals surface area contributed by atoms with Crippen molar-refractivity contribution in [2.24, 2.45) is 11.0 Å². The molecule has 1 fully saturated rings. The molecule has 1 heterocycles. The summed E-state index contributed by atoms with van der Waals surface area (Å²) in [5.74, 6) is -2.66. The number of hydrazone groups is 1. The number of nitrogens with zero attached hydrogens (tertiary/aromatic N) is 3. The fourth-order valence-corrected chi connectivity index (χ4v) is 1.27. The average molecular weight is 256 g/mol. The molecule has 0 aromatic rings. The van der Waals surface area contributed by atoms with Crippen molar-refractivity contribution in [3.05, 3.63) is 0 Å². The number of methoxy groups -OCH3 is 1. The van der Waals surface area contributed by atoms with Gasteiger partial charge in [0.25, 0.3) is 0 Å². The Morgan fingerprint density at radius 1 is 1.28 bits per heavy atom. The lowest BCUT2D eigenvalue weighted by Crippen LogP contribution is -2.57. The molecule has 0 saturated carbocycles. The number of amides is 5. The van der Waals surface area contributed by atoms with Gasteiger partial charge in [-0.05, 0) is 0 Å². The summed E-state index contributed by atoms with van der Waals surface area (Å²) in [4.78, 5) is 47.0. The van der Waals surface area contributed by atoms with E-state index >= 15 is 0 Å². The van der Waals surface area contributed by atoms with Crippen LogP contribution < -0.4 is 5.43 Å². The van der Waals surface area contributed by atoms with Crippen molar-refractivity contribution in [1.82, 2.24) is 15.2 Å². The highest BCUT2D eigenvalue weighted by molar-refractivity contribution is 6.23. The fraction of sp³-hybridized carbons (Fsp3) is 0.444. The van der Waals surface area contributed by atoms with Gasteiger partial charge < -0.3 is 4.74 Å². The molecule has 1 saturated heterocycles. The number of imide groups is 2. The first-order chi connectivity index (χ1) is 8.40. The van der Waals surface area contributed by atoms with Crippen molar-refractivity contribution in [1.29, 1.82) is 0 Å². The van der Waals surface area contributed by atoms with Gasteiger partial charge in [0, 0.05) is 20.3 Å². The van der Waals surface area contributed by atoms with Crippen molar-refractivity contribution in [3.8, 4) is 0 Å². The van der Waals surface area contributed by atoms with E-state index in [0.29, 0.717) is 0 Å². The number of urea groups is 1. The molecule has 18 heavy (non-hydrogen) atoms. The Labute approximate surface area is 102 Å². The molecule has 0 radical (unpaired) electrons. The highest BCUT2D eigenvalue weighted by atomic mass is 16.5. The molecule has 1 aliphatic heterocycles. The lowest BCUT2D eigenvalue weighted by molar-refractivity contribution is -0.144. The van der Waals surface area contributed by atoms with Crippen LogP contribution in [0.25, 0.3) is 0 Å². The van der Waals surface area contributed by atoms with E-state index < -0.39 is 29.9 Å². The quantitative estimate of drug-likeness (QED) is 0.387. The van der Waals surface area contributed by atoms with Gasteiger partial charge >= 0.3 is 12.1 Å². The molecule has 0 bridgehead atoms. The van der Waals surface area contributed by atoms with Crippen LogP contribution in [0.1, 0.15) is 0 Å². The molecular formula is C9H12N4O5. The molecule has 9 nitrogen and oxygen atoms in total. The number of nitrogens with one attached hydrogen (secondary N) is 1. The van der Waals surface area contributed by atoms with Crippen molar-refractivity contribution in [2.75, 3.05) is 21.2 Å². The van der Waals surface area contributed by atoms with Crippen LogP contribution in [0.5, 0.6) is 0 Å². The van der Waals surface area contributed by atoms with Gasteiger partial charge in [-0.3, -0.25) is 19.4 Å². The minimum atomic E-state index is -1.24. The summed E-state index contributed by atoms with van der Waals surface area (Å²) in [6, 6.07) is -0.712. The summed E-state index contributed by atoms with van der Waals surface area (Å²) in [7, 11) is 3.65. The molecule has 0 spiro atoms. The Hall–Kier alpha value is -2.45. The summed E-state index contributed by atoms with van der Waals surface area (Å²) in [6.07, 6.45) is 0.112. The number of hydrogen-bond donors (Lipinski definition) is 1. The number of carbonyl (C=O) groups excluding carboxylic acids is 4. The van der Waals surface area contributed by atoms with Crippen molar-refractivity contribution in [3.63, 3.8) is 0 Å². The topological polar surface area (TPSA) is 108 Å². The summed E-state index contributed by atoms with van der Waals surface area (Å²) in [6.45, 7) is 0. The smallest absolute Gasteiger partial charge is 0.427 e. The van der Waals surface area contributed by atoms with Crippen LogP contribution in [0.15, 0.2) is 5.10 Å². The SMILES string of the molecule is COC(=O)N/N=C/C1C(=O)N(C)C(=O)N(C)C1=O. The maximum absolute atomic E-state index is 11.7. The second-order valence-electron chi connectivity index (χ2n) is 3.44. The van der Waals surface area contributed by atoms with Gasteiger partial charge in [-0.1, -0.05) is 0 Å². The first-order valence-corrected chi connectivity index (χ1v) is 4.86.